The van der Waals surface area contributed by atoms with Gasteiger partial charge in [0.15, 0.2) is 0 Å². The van der Waals surface area contributed by atoms with Crippen molar-refractivity contribution in [3.05, 3.63) is 169 Å². The second-order valence-corrected chi connectivity index (χ2v) is 15.5. The first-order chi connectivity index (χ1) is 25.6. The number of aromatic nitrogens is 2. The van der Waals surface area contributed by atoms with Crippen LogP contribution in [0.2, 0.25) is 0 Å². The molecular formula is C49H32N2S. The van der Waals surface area contributed by atoms with E-state index in [2.05, 4.69) is 166 Å². The summed E-state index contributed by atoms with van der Waals surface area (Å²) in [5, 5.41) is 7.27. The average molecular weight is 681 g/mol. The zero-order valence-corrected chi connectivity index (χ0v) is 29.6. The van der Waals surface area contributed by atoms with Crippen molar-refractivity contribution in [2.45, 2.75) is 19.3 Å². The van der Waals surface area contributed by atoms with E-state index in [1.54, 1.807) is 0 Å². The van der Waals surface area contributed by atoms with E-state index in [1.165, 1.54) is 75.5 Å². The van der Waals surface area contributed by atoms with Gasteiger partial charge in [-0.25, -0.2) is 4.98 Å². The molecule has 0 bridgehead atoms. The van der Waals surface area contributed by atoms with E-state index in [0.717, 1.165) is 33.1 Å². The summed E-state index contributed by atoms with van der Waals surface area (Å²) in [6.07, 6.45) is 1.94. The Labute approximate surface area is 305 Å². The van der Waals surface area contributed by atoms with Crippen molar-refractivity contribution in [2.75, 3.05) is 0 Å². The van der Waals surface area contributed by atoms with Gasteiger partial charge in [0.05, 0.1) is 22.9 Å². The zero-order chi connectivity index (χ0) is 34.6. The second kappa shape index (κ2) is 10.9. The normalized spacial score (nSPS) is 13.3. The predicted molar refractivity (Wildman–Crippen MR) is 221 cm³/mol. The molecule has 0 saturated carbocycles. The summed E-state index contributed by atoms with van der Waals surface area (Å²) >= 11 is 1.91. The lowest BCUT2D eigenvalue weighted by molar-refractivity contribution is 0.660. The number of thiophene rings is 1. The van der Waals surface area contributed by atoms with E-state index in [4.69, 9.17) is 9.97 Å². The fraction of sp³-hybridized carbons (Fsp3) is 0.0612. The highest BCUT2D eigenvalue weighted by Crippen LogP contribution is 2.53. The number of hydrogen-bond donors (Lipinski definition) is 0. The van der Waals surface area contributed by atoms with Gasteiger partial charge in [-0.15, -0.1) is 11.3 Å². The quantitative estimate of drug-likeness (QED) is 0.174. The molecule has 2 heterocycles. The van der Waals surface area contributed by atoms with Gasteiger partial charge in [-0.05, 0) is 55.8 Å². The van der Waals surface area contributed by atoms with E-state index in [1.807, 2.05) is 17.5 Å². The average Bonchev–Trinajstić information content (AvgIpc) is 3.70. The molecule has 2 nitrogen and oxygen atoms in total. The molecule has 0 saturated heterocycles. The van der Waals surface area contributed by atoms with Gasteiger partial charge in [-0.3, -0.25) is 4.98 Å². The highest BCUT2D eigenvalue weighted by molar-refractivity contribution is 7.26. The monoisotopic (exact) mass is 680 g/mol. The van der Waals surface area contributed by atoms with Crippen molar-refractivity contribution in [2.24, 2.45) is 0 Å². The van der Waals surface area contributed by atoms with Crippen LogP contribution in [0.25, 0.3) is 97.4 Å². The van der Waals surface area contributed by atoms with Crippen LogP contribution in [-0.4, -0.2) is 9.97 Å². The van der Waals surface area contributed by atoms with Crippen molar-refractivity contribution in [1.29, 1.82) is 0 Å². The molecule has 0 spiro atoms. The molecular weight excluding hydrogens is 649 g/mol. The SMILES string of the molecule is CC1(C)c2ccccc2-c2c(-c3cccc4c3sc3c(-c5cccc(-c6cnc7c8ccccc8c8ccccc8c7n6)c5)cccc34)cccc21. The van der Waals surface area contributed by atoms with Crippen molar-refractivity contribution in [3.8, 4) is 44.6 Å². The minimum Gasteiger partial charge on any atom is -0.252 e. The first-order valence-electron chi connectivity index (χ1n) is 17.9. The summed E-state index contributed by atoms with van der Waals surface area (Å²) in [5.74, 6) is 0. The van der Waals surface area contributed by atoms with E-state index in [0.29, 0.717) is 0 Å². The van der Waals surface area contributed by atoms with Gasteiger partial charge < -0.3 is 0 Å². The molecule has 0 aliphatic heterocycles. The summed E-state index contributed by atoms with van der Waals surface area (Å²) in [6.45, 7) is 4.71. The van der Waals surface area contributed by atoms with Gasteiger partial charge in [-0.2, -0.15) is 0 Å². The minimum absolute atomic E-state index is 0.0372. The van der Waals surface area contributed by atoms with Gasteiger partial charge in [-0.1, -0.05) is 159 Å². The van der Waals surface area contributed by atoms with Crippen molar-refractivity contribution >= 4 is 64.1 Å². The Kier molecular flexibility index (Phi) is 6.21. The third-order valence-electron chi connectivity index (χ3n) is 11.3. The summed E-state index contributed by atoms with van der Waals surface area (Å²) in [4.78, 5) is 10.3. The van der Waals surface area contributed by atoms with Crippen LogP contribution in [0.15, 0.2) is 158 Å². The lowest BCUT2D eigenvalue weighted by Crippen LogP contribution is -2.14. The van der Waals surface area contributed by atoms with Crippen LogP contribution in [-0.2, 0) is 5.41 Å². The summed E-state index contributed by atoms with van der Waals surface area (Å²) in [7, 11) is 0. The van der Waals surface area contributed by atoms with Gasteiger partial charge >= 0.3 is 0 Å². The lowest BCUT2D eigenvalue weighted by atomic mass is 9.82. The Hall–Kier alpha value is -6.16. The van der Waals surface area contributed by atoms with Crippen molar-refractivity contribution in [3.63, 3.8) is 0 Å². The Morgan fingerprint density at radius 3 is 1.77 bits per heavy atom. The standard InChI is InChI=1S/C49H32N2S/c1-49(2)41-25-8-7-19-40(41)44-34(21-12-26-42(44)49)37-22-11-24-39-38-23-10-20-31(47(38)52-48(37)39)29-13-9-14-30(27-29)43-28-50-45-35-17-5-3-15-32(35)33-16-4-6-18-36(33)46(45)51-43/h3-28H,1-2H3. The van der Waals surface area contributed by atoms with Crippen LogP contribution in [0.1, 0.15) is 25.0 Å². The summed E-state index contributed by atoms with van der Waals surface area (Å²) in [5.41, 5.74) is 14.3. The fourth-order valence-electron chi connectivity index (χ4n) is 8.85. The van der Waals surface area contributed by atoms with E-state index >= 15 is 0 Å². The molecule has 52 heavy (non-hydrogen) atoms. The van der Waals surface area contributed by atoms with Gasteiger partial charge in [0.25, 0.3) is 0 Å². The Bertz CT molecular complexity index is 3080. The Morgan fingerprint density at radius 1 is 0.442 bits per heavy atom. The van der Waals surface area contributed by atoms with Crippen LogP contribution >= 0.6 is 11.3 Å². The molecule has 1 aliphatic carbocycles. The smallest absolute Gasteiger partial charge is 0.0979 e. The highest BCUT2D eigenvalue weighted by Gasteiger charge is 2.36. The highest BCUT2D eigenvalue weighted by atomic mass is 32.1. The second-order valence-electron chi connectivity index (χ2n) is 14.5. The van der Waals surface area contributed by atoms with Gasteiger partial charge in [0.2, 0.25) is 0 Å². The van der Waals surface area contributed by atoms with Gasteiger partial charge in [0.1, 0.15) is 0 Å². The van der Waals surface area contributed by atoms with Crippen LogP contribution in [0, 0.1) is 0 Å². The number of fused-ring (bicyclic) bond motifs is 12. The summed E-state index contributed by atoms with van der Waals surface area (Å²) < 4.78 is 2.63. The third-order valence-corrected chi connectivity index (χ3v) is 12.6. The van der Waals surface area contributed by atoms with E-state index < -0.39 is 0 Å². The first kappa shape index (κ1) is 29.6. The molecule has 8 aromatic carbocycles. The number of hydrogen-bond acceptors (Lipinski definition) is 3. The summed E-state index contributed by atoms with van der Waals surface area (Å²) in [6, 6.07) is 55.3. The molecule has 11 rings (SSSR count). The maximum atomic E-state index is 5.30. The lowest BCUT2D eigenvalue weighted by Gasteiger charge is -2.21. The van der Waals surface area contributed by atoms with E-state index in [9.17, 15) is 0 Å². The molecule has 3 heteroatoms. The zero-order valence-electron chi connectivity index (χ0n) is 28.8. The van der Waals surface area contributed by atoms with Crippen LogP contribution in [0.3, 0.4) is 0 Å². The molecule has 0 atom stereocenters. The first-order valence-corrected chi connectivity index (χ1v) is 18.7. The van der Waals surface area contributed by atoms with Crippen molar-refractivity contribution < 1.29 is 0 Å². The van der Waals surface area contributed by atoms with Crippen LogP contribution < -0.4 is 0 Å². The number of benzene rings is 8. The third kappa shape index (κ3) is 4.11. The van der Waals surface area contributed by atoms with Crippen LogP contribution in [0.5, 0.6) is 0 Å². The Balaban J connectivity index is 1.08. The largest absolute Gasteiger partial charge is 0.252 e. The maximum absolute atomic E-state index is 5.30. The van der Waals surface area contributed by atoms with Gasteiger partial charge in [0, 0.05) is 47.5 Å². The molecule has 0 radical (unpaired) electrons. The molecule has 244 valence electrons. The molecule has 0 fully saturated rings. The van der Waals surface area contributed by atoms with Crippen LogP contribution in [0.4, 0.5) is 0 Å². The molecule has 1 aliphatic rings. The molecule has 0 amide bonds. The molecule has 10 aromatic rings. The number of nitrogens with zero attached hydrogens (tertiary/aromatic N) is 2. The Morgan fingerprint density at radius 2 is 0.981 bits per heavy atom. The van der Waals surface area contributed by atoms with E-state index in [-0.39, 0.29) is 5.41 Å². The molecule has 0 unspecified atom stereocenters. The predicted octanol–water partition coefficient (Wildman–Crippen LogP) is 13.6. The fourth-order valence-corrected chi connectivity index (χ4v) is 10.2. The number of rotatable bonds is 3. The topological polar surface area (TPSA) is 25.8 Å². The molecule has 2 aromatic heterocycles. The maximum Gasteiger partial charge on any atom is 0.0979 e. The van der Waals surface area contributed by atoms with Crippen molar-refractivity contribution in [1.82, 2.24) is 9.97 Å². The minimum atomic E-state index is -0.0372. The molecule has 0 N–H and O–H groups in total.